The standard InChI is InChI=1S/C11H17N3O3/c1-7(2)14(6-10(12)13-16)11(15)9-5-4-8(3)17-9/h4-5,7,16H,6H2,1-3H3,(H2,12,13). The van der Waals surface area contributed by atoms with Gasteiger partial charge in [0.1, 0.15) is 5.76 Å². The first kappa shape index (κ1) is 13.1. The van der Waals surface area contributed by atoms with Gasteiger partial charge in [0.15, 0.2) is 11.6 Å². The van der Waals surface area contributed by atoms with Crippen LogP contribution in [-0.4, -0.2) is 34.4 Å². The molecule has 0 aromatic carbocycles. The molecule has 94 valence electrons. The van der Waals surface area contributed by atoms with Crippen LogP contribution in [0.3, 0.4) is 0 Å². The van der Waals surface area contributed by atoms with Crippen LogP contribution in [0.1, 0.15) is 30.2 Å². The average Bonchev–Trinajstić information content (AvgIpc) is 2.71. The summed E-state index contributed by atoms with van der Waals surface area (Å²) >= 11 is 0. The van der Waals surface area contributed by atoms with Crippen LogP contribution < -0.4 is 5.73 Å². The van der Waals surface area contributed by atoms with Crippen LogP contribution in [0, 0.1) is 6.92 Å². The van der Waals surface area contributed by atoms with E-state index in [0.717, 1.165) is 0 Å². The van der Waals surface area contributed by atoms with Gasteiger partial charge in [-0.2, -0.15) is 0 Å². The Morgan fingerprint density at radius 3 is 2.65 bits per heavy atom. The number of oxime groups is 1. The van der Waals surface area contributed by atoms with Gasteiger partial charge in [0.05, 0.1) is 6.54 Å². The van der Waals surface area contributed by atoms with Gasteiger partial charge in [0, 0.05) is 6.04 Å². The minimum absolute atomic E-state index is 0.0182. The Bertz CT molecular complexity index is 423. The number of amidine groups is 1. The minimum Gasteiger partial charge on any atom is -0.456 e. The van der Waals surface area contributed by atoms with E-state index in [-0.39, 0.29) is 30.1 Å². The van der Waals surface area contributed by atoms with Crippen molar-refractivity contribution < 1.29 is 14.4 Å². The van der Waals surface area contributed by atoms with E-state index < -0.39 is 0 Å². The predicted octanol–water partition coefficient (Wildman–Crippen LogP) is 1.19. The number of furan rings is 1. The number of carbonyl (C=O) groups is 1. The van der Waals surface area contributed by atoms with Gasteiger partial charge in [-0.1, -0.05) is 5.16 Å². The molecule has 0 aliphatic rings. The van der Waals surface area contributed by atoms with E-state index in [4.69, 9.17) is 15.4 Å². The highest BCUT2D eigenvalue weighted by Crippen LogP contribution is 2.11. The molecule has 0 unspecified atom stereocenters. The van der Waals surface area contributed by atoms with Gasteiger partial charge < -0.3 is 20.3 Å². The highest BCUT2D eigenvalue weighted by molar-refractivity contribution is 5.95. The van der Waals surface area contributed by atoms with E-state index in [9.17, 15) is 4.79 Å². The van der Waals surface area contributed by atoms with Crippen molar-refractivity contribution in [2.45, 2.75) is 26.8 Å². The fourth-order valence-electron chi connectivity index (χ4n) is 1.39. The van der Waals surface area contributed by atoms with Crippen molar-refractivity contribution in [2.24, 2.45) is 10.9 Å². The van der Waals surface area contributed by atoms with Crippen LogP contribution in [0.15, 0.2) is 21.7 Å². The van der Waals surface area contributed by atoms with E-state index in [1.807, 2.05) is 13.8 Å². The van der Waals surface area contributed by atoms with Crippen LogP contribution >= 0.6 is 0 Å². The second-order valence-corrected chi connectivity index (χ2v) is 4.03. The fourth-order valence-corrected chi connectivity index (χ4v) is 1.39. The lowest BCUT2D eigenvalue weighted by molar-refractivity contribution is 0.0700. The third-order valence-electron chi connectivity index (χ3n) is 2.30. The highest BCUT2D eigenvalue weighted by atomic mass is 16.4. The van der Waals surface area contributed by atoms with Gasteiger partial charge in [-0.25, -0.2) is 0 Å². The van der Waals surface area contributed by atoms with Crippen LogP contribution in [-0.2, 0) is 0 Å². The molecule has 0 fully saturated rings. The Hall–Kier alpha value is -1.98. The summed E-state index contributed by atoms with van der Waals surface area (Å²) in [6, 6.07) is 3.25. The molecule has 0 aliphatic heterocycles. The maximum Gasteiger partial charge on any atom is 0.290 e. The largest absolute Gasteiger partial charge is 0.456 e. The lowest BCUT2D eigenvalue weighted by Gasteiger charge is -2.24. The molecule has 1 aromatic heterocycles. The van der Waals surface area contributed by atoms with Crippen LogP contribution in [0.4, 0.5) is 0 Å². The second kappa shape index (κ2) is 5.38. The number of nitrogens with zero attached hydrogens (tertiary/aromatic N) is 2. The van der Waals surface area contributed by atoms with E-state index in [1.54, 1.807) is 19.1 Å². The highest BCUT2D eigenvalue weighted by Gasteiger charge is 2.22. The van der Waals surface area contributed by atoms with Crippen molar-refractivity contribution in [2.75, 3.05) is 6.54 Å². The molecule has 0 saturated carbocycles. The molecule has 0 bridgehead atoms. The molecule has 1 aromatic rings. The van der Waals surface area contributed by atoms with Gasteiger partial charge in [0.2, 0.25) is 0 Å². The first-order chi connectivity index (χ1) is 7.95. The lowest BCUT2D eigenvalue weighted by Crippen LogP contribution is -2.42. The number of aryl methyl sites for hydroxylation is 1. The normalized spacial score (nSPS) is 11.9. The average molecular weight is 239 g/mol. The fraction of sp³-hybridized carbons (Fsp3) is 0.455. The van der Waals surface area contributed by atoms with Crippen molar-refractivity contribution in [3.05, 3.63) is 23.7 Å². The first-order valence-electron chi connectivity index (χ1n) is 5.29. The Kier molecular flexibility index (Phi) is 4.14. The Balaban J connectivity index is 2.88. The molecular formula is C11H17N3O3. The third-order valence-corrected chi connectivity index (χ3v) is 2.30. The van der Waals surface area contributed by atoms with Gasteiger partial charge >= 0.3 is 0 Å². The monoisotopic (exact) mass is 239 g/mol. The van der Waals surface area contributed by atoms with Gasteiger partial charge in [-0.05, 0) is 32.9 Å². The maximum absolute atomic E-state index is 12.1. The molecule has 6 heteroatoms. The number of hydrogen-bond acceptors (Lipinski definition) is 4. The molecule has 1 amide bonds. The molecule has 3 N–H and O–H groups in total. The molecule has 0 spiro atoms. The second-order valence-electron chi connectivity index (χ2n) is 4.03. The van der Waals surface area contributed by atoms with E-state index in [2.05, 4.69) is 5.16 Å². The predicted molar refractivity (Wildman–Crippen MR) is 63.0 cm³/mol. The zero-order valence-corrected chi connectivity index (χ0v) is 10.2. The topological polar surface area (TPSA) is 92.1 Å². The Labute approximate surface area is 99.7 Å². The van der Waals surface area contributed by atoms with E-state index in [0.29, 0.717) is 5.76 Å². The SMILES string of the molecule is Cc1ccc(C(=O)N(CC(N)=NO)C(C)C)o1. The molecule has 17 heavy (non-hydrogen) atoms. The smallest absolute Gasteiger partial charge is 0.290 e. The summed E-state index contributed by atoms with van der Waals surface area (Å²) in [5, 5.41) is 11.4. The van der Waals surface area contributed by atoms with Crippen molar-refractivity contribution in [3.8, 4) is 0 Å². The number of rotatable bonds is 4. The summed E-state index contributed by atoms with van der Waals surface area (Å²) in [4.78, 5) is 13.6. The number of nitrogens with two attached hydrogens (primary N) is 1. The summed E-state index contributed by atoms with van der Waals surface area (Å²) in [5.41, 5.74) is 5.41. The molecule has 0 radical (unpaired) electrons. The van der Waals surface area contributed by atoms with Gasteiger partial charge in [-0.15, -0.1) is 0 Å². The molecule has 0 saturated heterocycles. The van der Waals surface area contributed by atoms with Crippen LogP contribution in [0.2, 0.25) is 0 Å². The zero-order valence-electron chi connectivity index (χ0n) is 10.2. The zero-order chi connectivity index (χ0) is 13.0. The molecule has 6 nitrogen and oxygen atoms in total. The van der Waals surface area contributed by atoms with Gasteiger partial charge in [0.25, 0.3) is 5.91 Å². The van der Waals surface area contributed by atoms with E-state index >= 15 is 0 Å². The molecule has 0 aliphatic carbocycles. The first-order valence-corrected chi connectivity index (χ1v) is 5.29. The van der Waals surface area contributed by atoms with Crippen molar-refractivity contribution in [3.63, 3.8) is 0 Å². The summed E-state index contributed by atoms with van der Waals surface area (Å²) in [6.45, 7) is 5.52. The number of amides is 1. The summed E-state index contributed by atoms with van der Waals surface area (Å²) in [7, 11) is 0. The molecule has 0 atom stereocenters. The summed E-state index contributed by atoms with van der Waals surface area (Å²) in [6.07, 6.45) is 0. The Morgan fingerprint density at radius 2 is 2.24 bits per heavy atom. The summed E-state index contributed by atoms with van der Waals surface area (Å²) < 4.78 is 5.26. The Morgan fingerprint density at radius 1 is 1.59 bits per heavy atom. The third kappa shape index (κ3) is 3.24. The molecule has 1 rings (SSSR count). The van der Waals surface area contributed by atoms with Crippen LogP contribution in [0.25, 0.3) is 0 Å². The maximum atomic E-state index is 12.1. The number of carbonyl (C=O) groups excluding carboxylic acids is 1. The lowest BCUT2D eigenvalue weighted by atomic mass is 10.2. The quantitative estimate of drug-likeness (QED) is 0.357. The number of hydrogen-bond donors (Lipinski definition) is 2. The van der Waals surface area contributed by atoms with Crippen molar-refractivity contribution in [1.82, 2.24) is 4.90 Å². The van der Waals surface area contributed by atoms with Crippen molar-refractivity contribution in [1.29, 1.82) is 0 Å². The molecule has 1 heterocycles. The van der Waals surface area contributed by atoms with E-state index in [1.165, 1.54) is 4.90 Å². The molecular weight excluding hydrogens is 222 g/mol. The van der Waals surface area contributed by atoms with Gasteiger partial charge in [-0.3, -0.25) is 4.79 Å². The summed E-state index contributed by atoms with van der Waals surface area (Å²) in [5.74, 6) is 0.623. The minimum atomic E-state index is -0.278. The van der Waals surface area contributed by atoms with Crippen molar-refractivity contribution >= 4 is 11.7 Å². The van der Waals surface area contributed by atoms with Crippen LogP contribution in [0.5, 0.6) is 0 Å².